The van der Waals surface area contributed by atoms with Crippen molar-refractivity contribution in [3.8, 4) is 5.75 Å². The maximum absolute atomic E-state index is 13.7. The predicted octanol–water partition coefficient (Wildman–Crippen LogP) is 4.75. The van der Waals surface area contributed by atoms with Gasteiger partial charge in [-0.3, -0.25) is 4.79 Å². The van der Waals surface area contributed by atoms with Gasteiger partial charge < -0.3 is 10.1 Å². The highest BCUT2D eigenvalue weighted by Gasteiger charge is 2.17. The van der Waals surface area contributed by atoms with Gasteiger partial charge >= 0.3 is 0 Å². The van der Waals surface area contributed by atoms with Crippen LogP contribution in [0.1, 0.15) is 10.4 Å². The van der Waals surface area contributed by atoms with Gasteiger partial charge in [0, 0.05) is 8.95 Å². The fourth-order valence-corrected chi connectivity index (χ4v) is 2.48. The summed E-state index contributed by atoms with van der Waals surface area (Å²) in [6.07, 6.45) is 0. The lowest BCUT2D eigenvalue weighted by atomic mass is 10.2. The number of nitrogens with one attached hydrogen (secondary N) is 1. The molecule has 0 saturated heterocycles. The lowest BCUT2D eigenvalue weighted by Crippen LogP contribution is -2.15. The second-order valence-electron chi connectivity index (χ2n) is 4.04. The highest BCUT2D eigenvalue weighted by molar-refractivity contribution is 9.10. The maximum atomic E-state index is 13.7. The van der Waals surface area contributed by atoms with Crippen LogP contribution in [0.3, 0.4) is 0 Å². The van der Waals surface area contributed by atoms with E-state index in [1.165, 1.54) is 13.2 Å². The first-order chi connectivity index (χ1) is 9.92. The average molecular weight is 421 g/mol. The minimum Gasteiger partial charge on any atom is -0.497 e. The van der Waals surface area contributed by atoms with Crippen molar-refractivity contribution in [2.75, 3.05) is 12.4 Å². The number of benzene rings is 2. The molecule has 0 aromatic heterocycles. The molecule has 110 valence electrons. The van der Waals surface area contributed by atoms with Crippen LogP contribution < -0.4 is 10.1 Å². The minimum atomic E-state index is -0.866. The Labute approximate surface area is 136 Å². The van der Waals surface area contributed by atoms with Crippen LogP contribution in [0.4, 0.5) is 14.5 Å². The number of amides is 1. The van der Waals surface area contributed by atoms with Crippen LogP contribution in [-0.4, -0.2) is 13.0 Å². The molecule has 0 aliphatic heterocycles. The first kappa shape index (κ1) is 15.9. The number of hydrogen-bond donors (Lipinski definition) is 1. The molecule has 2 aromatic rings. The number of methoxy groups -OCH3 is 1. The molecule has 7 heteroatoms. The van der Waals surface area contributed by atoms with E-state index in [1.807, 2.05) is 0 Å². The third-order valence-electron chi connectivity index (χ3n) is 2.66. The summed E-state index contributed by atoms with van der Waals surface area (Å²) >= 11 is 6.18. The predicted molar refractivity (Wildman–Crippen MR) is 82.7 cm³/mol. The number of halogens is 4. The van der Waals surface area contributed by atoms with E-state index in [1.54, 1.807) is 12.1 Å². The average Bonchev–Trinajstić information content (AvgIpc) is 2.43. The Bertz CT molecular complexity index is 684. The zero-order chi connectivity index (χ0) is 15.6. The van der Waals surface area contributed by atoms with E-state index in [0.717, 1.165) is 12.1 Å². The number of hydrogen-bond acceptors (Lipinski definition) is 2. The standard InChI is InChI=1S/C14H9Br2F2NO2/c1-21-8-2-3-10(16)9(6-8)14(20)19-13-11(17)4-7(15)5-12(13)18/h2-6H,1H3,(H,19,20). The smallest absolute Gasteiger partial charge is 0.257 e. The van der Waals surface area contributed by atoms with Gasteiger partial charge in [-0.1, -0.05) is 15.9 Å². The van der Waals surface area contributed by atoms with Crippen molar-refractivity contribution >= 4 is 43.5 Å². The van der Waals surface area contributed by atoms with Crippen LogP contribution in [0.5, 0.6) is 5.75 Å². The first-order valence-electron chi connectivity index (χ1n) is 5.72. The van der Waals surface area contributed by atoms with Crippen molar-refractivity contribution < 1.29 is 18.3 Å². The quantitative estimate of drug-likeness (QED) is 0.777. The SMILES string of the molecule is COc1ccc(Br)c(C(=O)Nc2c(F)cc(Br)cc2F)c1. The van der Waals surface area contributed by atoms with E-state index in [-0.39, 0.29) is 10.0 Å². The van der Waals surface area contributed by atoms with Gasteiger partial charge in [0.1, 0.15) is 11.4 Å². The number of rotatable bonds is 3. The molecule has 2 aromatic carbocycles. The molecule has 0 atom stereocenters. The van der Waals surface area contributed by atoms with Gasteiger partial charge in [-0.15, -0.1) is 0 Å². The molecule has 0 spiro atoms. The van der Waals surface area contributed by atoms with Gasteiger partial charge in [-0.25, -0.2) is 8.78 Å². The van der Waals surface area contributed by atoms with Gasteiger partial charge in [0.2, 0.25) is 0 Å². The second kappa shape index (κ2) is 6.53. The monoisotopic (exact) mass is 419 g/mol. The van der Waals surface area contributed by atoms with Gasteiger partial charge in [0.15, 0.2) is 11.6 Å². The van der Waals surface area contributed by atoms with E-state index in [2.05, 4.69) is 37.2 Å². The Morgan fingerprint density at radius 1 is 1.14 bits per heavy atom. The normalized spacial score (nSPS) is 10.3. The largest absolute Gasteiger partial charge is 0.497 e. The van der Waals surface area contributed by atoms with Crippen molar-refractivity contribution in [2.24, 2.45) is 0 Å². The third kappa shape index (κ3) is 3.59. The summed E-state index contributed by atoms with van der Waals surface area (Å²) in [7, 11) is 1.46. The van der Waals surface area contributed by atoms with Gasteiger partial charge in [0.25, 0.3) is 5.91 Å². The number of carbonyl (C=O) groups excluding carboxylic acids is 1. The van der Waals surface area contributed by atoms with Crippen LogP contribution in [-0.2, 0) is 0 Å². The zero-order valence-corrected chi connectivity index (χ0v) is 13.9. The van der Waals surface area contributed by atoms with E-state index in [4.69, 9.17) is 4.74 Å². The molecule has 0 fully saturated rings. The van der Waals surface area contributed by atoms with E-state index < -0.39 is 23.2 Å². The molecular formula is C14H9Br2F2NO2. The molecule has 1 amide bonds. The topological polar surface area (TPSA) is 38.3 Å². The third-order valence-corrected chi connectivity index (χ3v) is 3.81. The van der Waals surface area contributed by atoms with Crippen molar-refractivity contribution in [2.45, 2.75) is 0 Å². The Kier molecular flexibility index (Phi) is 4.95. The molecule has 1 N–H and O–H groups in total. The molecular weight excluding hydrogens is 412 g/mol. The summed E-state index contributed by atoms with van der Waals surface area (Å²) in [5.41, 5.74) is -0.297. The van der Waals surface area contributed by atoms with E-state index in [0.29, 0.717) is 10.2 Å². The van der Waals surface area contributed by atoms with Gasteiger partial charge in [-0.05, 0) is 46.3 Å². The van der Waals surface area contributed by atoms with Crippen LogP contribution >= 0.6 is 31.9 Å². The molecule has 0 saturated carbocycles. The molecule has 0 aliphatic carbocycles. The lowest BCUT2D eigenvalue weighted by molar-refractivity contribution is 0.102. The van der Waals surface area contributed by atoms with Gasteiger partial charge in [-0.2, -0.15) is 0 Å². The number of carbonyl (C=O) groups is 1. The fraction of sp³-hybridized carbons (Fsp3) is 0.0714. The summed E-state index contributed by atoms with van der Waals surface area (Å²) < 4.78 is 33.2. The minimum absolute atomic E-state index is 0.205. The van der Waals surface area contributed by atoms with Crippen LogP contribution in [0, 0.1) is 11.6 Å². The van der Waals surface area contributed by atoms with Crippen LogP contribution in [0.2, 0.25) is 0 Å². The summed E-state index contributed by atoms with van der Waals surface area (Å²) in [6, 6.07) is 6.87. The second-order valence-corrected chi connectivity index (χ2v) is 5.81. The highest BCUT2D eigenvalue weighted by Crippen LogP contribution is 2.27. The van der Waals surface area contributed by atoms with E-state index >= 15 is 0 Å². The molecule has 0 bridgehead atoms. The Balaban J connectivity index is 2.35. The molecule has 0 aliphatic rings. The van der Waals surface area contributed by atoms with Gasteiger partial charge in [0.05, 0.1) is 12.7 Å². The fourth-order valence-electron chi connectivity index (χ4n) is 1.65. The summed E-state index contributed by atoms with van der Waals surface area (Å²) in [5.74, 6) is -1.93. The summed E-state index contributed by atoms with van der Waals surface area (Å²) in [6.45, 7) is 0. The van der Waals surface area contributed by atoms with E-state index in [9.17, 15) is 13.6 Å². The summed E-state index contributed by atoms with van der Waals surface area (Å²) in [4.78, 5) is 12.2. The van der Waals surface area contributed by atoms with Crippen molar-refractivity contribution in [1.29, 1.82) is 0 Å². The lowest BCUT2D eigenvalue weighted by Gasteiger charge is -2.10. The van der Waals surface area contributed by atoms with Crippen molar-refractivity contribution in [3.05, 3.63) is 56.5 Å². The van der Waals surface area contributed by atoms with Crippen LogP contribution in [0.15, 0.2) is 39.3 Å². The van der Waals surface area contributed by atoms with Crippen molar-refractivity contribution in [1.82, 2.24) is 0 Å². The Morgan fingerprint density at radius 2 is 1.76 bits per heavy atom. The molecule has 21 heavy (non-hydrogen) atoms. The Hall–Kier alpha value is -1.47. The molecule has 3 nitrogen and oxygen atoms in total. The molecule has 0 radical (unpaired) electrons. The Morgan fingerprint density at radius 3 is 2.33 bits per heavy atom. The zero-order valence-electron chi connectivity index (χ0n) is 10.7. The molecule has 2 rings (SSSR count). The first-order valence-corrected chi connectivity index (χ1v) is 7.30. The van der Waals surface area contributed by atoms with Crippen LogP contribution in [0.25, 0.3) is 0 Å². The number of ether oxygens (including phenoxy) is 1. The molecule has 0 heterocycles. The van der Waals surface area contributed by atoms with Crippen molar-refractivity contribution in [3.63, 3.8) is 0 Å². The molecule has 0 unspecified atom stereocenters. The maximum Gasteiger partial charge on any atom is 0.257 e. The summed E-state index contributed by atoms with van der Waals surface area (Å²) in [5, 5.41) is 2.22. The highest BCUT2D eigenvalue weighted by atomic mass is 79.9. The number of anilines is 1.